The Labute approximate surface area is 154 Å². The fraction of sp³-hybridized carbons (Fsp3) is 0.111. The molecule has 0 saturated carbocycles. The van der Waals surface area contributed by atoms with Crippen molar-refractivity contribution in [3.8, 4) is 5.69 Å². The zero-order chi connectivity index (χ0) is 18.8. The quantitative estimate of drug-likeness (QED) is 0.547. The summed E-state index contributed by atoms with van der Waals surface area (Å²) in [5.74, 6) is -0.399. The molecule has 7 nitrogen and oxygen atoms in total. The monoisotopic (exact) mass is 370 g/mol. The van der Waals surface area contributed by atoms with Crippen LogP contribution in [0.3, 0.4) is 0 Å². The van der Waals surface area contributed by atoms with Crippen LogP contribution >= 0.6 is 11.6 Å². The molecular weight excluding hydrogens is 356 g/mol. The number of non-ortho nitro benzene ring substituents is 1. The van der Waals surface area contributed by atoms with Crippen LogP contribution in [0.5, 0.6) is 0 Å². The van der Waals surface area contributed by atoms with Gasteiger partial charge in [-0.25, -0.2) is 4.68 Å². The van der Waals surface area contributed by atoms with Gasteiger partial charge in [0.05, 0.1) is 38.8 Å². The Hall–Kier alpha value is -3.19. The summed E-state index contributed by atoms with van der Waals surface area (Å²) in [4.78, 5) is 23.1. The number of nitrogens with one attached hydrogen (secondary N) is 1. The van der Waals surface area contributed by atoms with E-state index in [0.29, 0.717) is 27.7 Å². The number of anilines is 1. The van der Waals surface area contributed by atoms with E-state index < -0.39 is 10.8 Å². The van der Waals surface area contributed by atoms with Gasteiger partial charge in [0, 0.05) is 12.1 Å². The molecule has 2 aromatic carbocycles. The van der Waals surface area contributed by atoms with Gasteiger partial charge in [-0.05, 0) is 31.5 Å². The molecule has 0 unspecified atom stereocenters. The van der Waals surface area contributed by atoms with Crippen molar-refractivity contribution in [3.63, 3.8) is 0 Å². The molecule has 0 bridgehead atoms. The topological polar surface area (TPSA) is 90.1 Å². The number of halogens is 1. The Morgan fingerprint density at radius 3 is 2.65 bits per heavy atom. The van der Waals surface area contributed by atoms with E-state index in [9.17, 15) is 14.9 Å². The molecule has 0 saturated heterocycles. The van der Waals surface area contributed by atoms with Gasteiger partial charge in [-0.15, -0.1) is 0 Å². The minimum atomic E-state index is -0.504. The zero-order valence-electron chi connectivity index (χ0n) is 14.1. The molecule has 0 spiro atoms. The zero-order valence-corrected chi connectivity index (χ0v) is 14.8. The van der Waals surface area contributed by atoms with Crippen molar-refractivity contribution in [2.24, 2.45) is 0 Å². The standard InChI is InChI=1S/C18H15ClN4O3/c1-11-7-8-13(23(25)26)9-16(11)21-18(24)14-10-20-22(12(14)2)17-6-4-3-5-15(17)19/h3-10H,1-2H3,(H,21,24). The number of para-hydroxylation sites is 1. The Bertz CT molecular complexity index is 1010. The van der Waals surface area contributed by atoms with Crippen molar-refractivity contribution in [1.29, 1.82) is 0 Å². The molecule has 1 heterocycles. The minimum absolute atomic E-state index is 0.0885. The largest absolute Gasteiger partial charge is 0.321 e. The maximum atomic E-state index is 12.6. The molecule has 0 aliphatic rings. The van der Waals surface area contributed by atoms with E-state index in [1.165, 1.54) is 18.3 Å². The lowest BCUT2D eigenvalue weighted by atomic mass is 10.1. The molecule has 132 valence electrons. The van der Waals surface area contributed by atoms with Crippen LogP contribution in [-0.2, 0) is 0 Å². The fourth-order valence-corrected chi connectivity index (χ4v) is 2.76. The van der Waals surface area contributed by atoms with Gasteiger partial charge in [0.25, 0.3) is 11.6 Å². The molecular formula is C18H15ClN4O3. The number of nitrogens with zero attached hydrogens (tertiary/aromatic N) is 3. The third-order valence-electron chi connectivity index (χ3n) is 4.02. The normalized spacial score (nSPS) is 10.6. The molecule has 0 aliphatic carbocycles. The molecule has 3 rings (SSSR count). The predicted molar refractivity (Wildman–Crippen MR) is 99.1 cm³/mol. The number of hydrogen-bond acceptors (Lipinski definition) is 4. The summed E-state index contributed by atoms with van der Waals surface area (Å²) < 4.78 is 1.58. The minimum Gasteiger partial charge on any atom is -0.321 e. The van der Waals surface area contributed by atoms with Crippen molar-refractivity contribution in [3.05, 3.63) is 80.6 Å². The SMILES string of the molecule is Cc1ccc([N+](=O)[O-])cc1NC(=O)c1cnn(-c2ccccc2Cl)c1C. The highest BCUT2D eigenvalue weighted by Gasteiger charge is 2.18. The molecule has 0 aliphatic heterocycles. The first-order valence-corrected chi connectivity index (χ1v) is 8.12. The number of hydrogen-bond donors (Lipinski definition) is 1. The van der Waals surface area contributed by atoms with Crippen LogP contribution in [-0.4, -0.2) is 20.6 Å². The van der Waals surface area contributed by atoms with E-state index in [1.54, 1.807) is 36.7 Å². The second-order valence-electron chi connectivity index (χ2n) is 5.72. The van der Waals surface area contributed by atoms with Crippen LogP contribution < -0.4 is 5.32 Å². The number of nitro groups is 1. The maximum absolute atomic E-state index is 12.6. The summed E-state index contributed by atoms with van der Waals surface area (Å²) in [5.41, 5.74) is 2.65. The Kier molecular flexibility index (Phi) is 4.73. The highest BCUT2D eigenvalue weighted by Crippen LogP contribution is 2.25. The molecule has 1 N–H and O–H groups in total. The smallest absolute Gasteiger partial charge is 0.271 e. The van der Waals surface area contributed by atoms with Gasteiger partial charge in [0.15, 0.2) is 0 Å². The number of carbonyl (C=O) groups excluding carboxylic acids is 1. The van der Waals surface area contributed by atoms with E-state index in [0.717, 1.165) is 5.56 Å². The lowest BCUT2D eigenvalue weighted by Gasteiger charge is -2.09. The van der Waals surface area contributed by atoms with E-state index in [2.05, 4.69) is 10.4 Å². The maximum Gasteiger partial charge on any atom is 0.271 e. The van der Waals surface area contributed by atoms with E-state index in [1.807, 2.05) is 12.1 Å². The second kappa shape index (κ2) is 6.97. The Balaban J connectivity index is 1.92. The first-order valence-electron chi connectivity index (χ1n) is 7.74. The van der Waals surface area contributed by atoms with Gasteiger partial charge in [0.2, 0.25) is 0 Å². The summed E-state index contributed by atoms with van der Waals surface area (Å²) in [6, 6.07) is 11.5. The summed E-state index contributed by atoms with van der Waals surface area (Å²) >= 11 is 6.19. The van der Waals surface area contributed by atoms with Gasteiger partial charge in [-0.2, -0.15) is 5.10 Å². The van der Waals surface area contributed by atoms with Crippen molar-refractivity contribution in [2.75, 3.05) is 5.32 Å². The average Bonchev–Trinajstić information content (AvgIpc) is 2.98. The third kappa shape index (κ3) is 3.29. The molecule has 26 heavy (non-hydrogen) atoms. The van der Waals surface area contributed by atoms with Crippen LogP contribution in [0.15, 0.2) is 48.7 Å². The van der Waals surface area contributed by atoms with E-state index in [4.69, 9.17) is 11.6 Å². The number of rotatable bonds is 4. The molecule has 3 aromatic rings. The van der Waals surface area contributed by atoms with E-state index >= 15 is 0 Å². The van der Waals surface area contributed by atoms with Crippen LogP contribution in [0.4, 0.5) is 11.4 Å². The van der Waals surface area contributed by atoms with Gasteiger partial charge in [0.1, 0.15) is 0 Å². The number of aryl methyl sites for hydroxylation is 1. The first kappa shape index (κ1) is 17.6. The number of amides is 1. The number of benzene rings is 2. The molecule has 1 aromatic heterocycles. The third-order valence-corrected chi connectivity index (χ3v) is 4.33. The Morgan fingerprint density at radius 2 is 1.96 bits per heavy atom. The fourth-order valence-electron chi connectivity index (χ4n) is 2.55. The van der Waals surface area contributed by atoms with Crippen molar-refractivity contribution in [2.45, 2.75) is 13.8 Å². The molecule has 0 fully saturated rings. The van der Waals surface area contributed by atoms with Gasteiger partial charge in [-0.1, -0.05) is 29.8 Å². The van der Waals surface area contributed by atoms with Gasteiger partial charge in [-0.3, -0.25) is 14.9 Å². The van der Waals surface area contributed by atoms with Crippen LogP contribution in [0, 0.1) is 24.0 Å². The summed E-state index contributed by atoms with van der Waals surface area (Å²) in [7, 11) is 0. The van der Waals surface area contributed by atoms with Crippen LogP contribution in [0.2, 0.25) is 5.02 Å². The van der Waals surface area contributed by atoms with Crippen LogP contribution in [0.25, 0.3) is 5.69 Å². The number of aromatic nitrogens is 2. The highest BCUT2D eigenvalue weighted by atomic mass is 35.5. The Morgan fingerprint density at radius 1 is 1.23 bits per heavy atom. The van der Waals surface area contributed by atoms with Gasteiger partial charge < -0.3 is 5.32 Å². The van der Waals surface area contributed by atoms with Crippen molar-refractivity contribution < 1.29 is 9.72 Å². The van der Waals surface area contributed by atoms with E-state index in [-0.39, 0.29) is 5.69 Å². The summed E-state index contributed by atoms with van der Waals surface area (Å²) in [5, 5.41) is 18.4. The highest BCUT2D eigenvalue weighted by molar-refractivity contribution is 6.32. The number of carbonyl (C=O) groups is 1. The molecule has 0 radical (unpaired) electrons. The van der Waals surface area contributed by atoms with Crippen LogP contribution in [0.1, 0.15) is 21.6 Å². The van der Waals surface area contributed by atoms with Crippen molar-refractivity contribution >= 4 is 28.9 Å². The first-order chi connectivity index (χ1) is 12.4. The number of nitro benzene ring substituents is 1. The lowest BCUT2D eigenvalue weighted by Crippen LogP contribution is -2.14. The average molecular weight is 371 g/mol. The van der Waals surface area contributed by atoms with Crippen molar-refractivity contribution in [1.82, 2.24) is 9.78 Å². The molecule has 0 atom stereocenters. The molecule has 8 heteroatoms. The second-order valence-corrected chi connectivity index (χ2v) is 6.12. The molecule has 1 amide bonds. The summed E-state index contributed by atoms with van der Waals surface area (Å²) in [6.45, 7) is 3.52. The lowest BCUT2D eigenvalue weighted by molar-refractivity contribution is -0.384. The van der Waals surface area contributed by atoms with Gasteiger partial charge >= 0.3 is 0 Å². The summed E-state index contributed by atoms with van der Waals surface area (Å²) in [6.07, 6.45) is 1.45. The predicted octanol–water partition coefficient (Wildman–Crippen LogP) is 4.30.